The molecule has 12 heavy (non-hydrogen) atoms. The summed E-state index contributed by atoms with van der Waals surface area (Å²) in [7, 11) is 1.81. The van der Waals surface area contributed by atoms with E-state index < -0.39 is 0 Å². The summed E-state index contributed by atoms with van der Waals surface area (Å²) in [5, 5.41) is 2.91. The predicted octanol–water partition coefficient (Wildman–Crippen LogP) is 1.31. The smallest absolute Gasteiger partial charge is 0.223 e. The molecule has 2 aromatic heterocycles. The van der Waals surface area contributed by atoms with Crippen LogP contribution in [-0.2, 0) is 0 Å². The van der Waals surface area contributed by atoms with Crippen molar-refractivity contribution in [1.29, 1.82) is 0 Å². The van der Waals surface area contributed by atoms with Gasteiger partial charge >= 0.3 is 0 Å². The topological polar surface area (TPSA) is 53.6 Å². The van der Waals surface area contributed by atoms with Gasteiger partial charge in [0.1, 0.15) is 0 Å². The van der Waals surface area contributed by atoms with Crippen LogP contribution in [0.1, 0.15) is 5.69 Å². The zero-order valence-electron chi connectivity index (χ0n) is 7.05. The molecular weight excluding hydrogens is 152 g/mol. The van der Waals surface area contributed by atoms with Crippen LogP contribution < -0.4 is 5.32 Å². The lowest BCUT2D eigenvalue weighted by atomic mass is 10.3. The second-order valence-corrected chi connectivity index (χ2v) is 2.62. The summed E-state index contributed by atoms with van der Waals surface area (Å²) >= 11 is 0. The maximum absolute atomic E-state index is 4.26. The molecule has 2 N–H and O–H groups in total. The summed E-state index contributed by atoms with van der Waals surface area (Å²) in [6.45, 7) is 1.96. The number of rotatable bonds is 1. The van der Waals surface area contributed by atoms with E-state index in [1.165, 1.54) is 0 Å². The Kier molecular flexibility index (Phi) is 1.46. The Bertz CT molecular complexity index is 404. The molecule has 62 valence electrons. The minimum absolute atomic E-state index is 0.666. The average molecular weight is 162 g/mol. The average Bonchev–Trinajstić information content (AvgIpc) is 2.52. The number of aryl methyl sites for hydroxylation is 1. The molecule has 0 amide bonds. The number of nitrogens with one attached hydrogen (secondary N) is 2. The van der Waals surface area contributed by atoms with E-state index in [1.807, 2.05) is 26.2 Å². The molecule has 4 nitrogen and oxygen atoms in total. The minimum Gasteiger partial charge on any atom is -0.358 e. The molecule has 0 bridgehead atoms. The van der Waals surface area contributed by atoms with Crippen molar-refractivity contribution in [2.45, 2.75) is 6.92 Å². The number of anilines is 1. The highest BCUT2D eigenvalue weighted by Crippen LogP contribution is 2.14. The van der Waals surface area contributed by atoms with Crippen LogP contribution >= 0.6 is 0 Å². The number of nitrogens with zero attached hydrogens (tertiary/aromatic N) is 2. The summed E-state index contributed by atoms with van der Waals surface area (Å²) in [4.78, 5) is 11.6. The molecule has 0 saturated heterocycles. The molecule has 0 atom stereocenters. The maximum Gasteiger partial charge on any atom is 0.223 e. The number of hydrogen-bond acceptors (Lipinski definition) is 3. The molecule has 4 heteroatoms. The highest BCUT2D eigenvalue weighted by molar-refractivity contribution is 5.78. The lowest BCUT2D eigenvalue weighted by molar-refractivity contribution is 1.13. The lowest BCUT2D eigenvalue weighted by Gasteiger charge is -1.99. The Balaban J connectivity index is 2.75. The first-order valence-electron chi connectivity index (χ1n) is 3.81. The fraction of sp³-hybridized carbons (Fsp3) is 0.250. The Labute approximate surface area is 70.0 Å². The lowest BCUT2D eigenvalue weighted by Crippen LogP contribution is -1.97. The van der Waals surface area contributed by atoms with E-state index >= 15 is 0 Å². The highest BCUT2D eigenvalue weighted by atomic mass is 15.1. The molecule has 0 aliphatic carbocycles. The molecule has 0 radical (unpaired) electrons. The van der Waals surface area contributed by atoms with Crippen LogP contribution in [0, 0.1) is 6.92 Å². The van der Waals surface area contributed by atoms with Crippen molar-refractivity contribution >= 4 is 17.0 Å². The van der Waals surface area contributed by atoms with Gasteiger partial charge in [-0.05, 0) is 13.0 Å². The van der Waals surface area contributed by atoms with Crippen LogP contribution in [0.15, 0.2) is 12.3 Å². The van der Waals surface area contributed by atoms with Gasteiger partial charge in [0.15, 0.2) is 0 Å². The van der Waals surface area contributed by atoms with Gasteiger partial charge in [-0.25, -0.2) is 9.97 Å². The SMILES string of the molecule is CNc1nc(C)c2[nH]ccc2n1. The van der Waals surface area contributed by atoms with Gasteiger partial charge in [-0.3, -0.25) is 0 Å². The van der Waals surface area contributed by atoms with Crippen molar-refractivity contribution in [3.05, 3.63) is 18.0 Å². The van der Waals surface area contributed by atoms with E-state index in [0.29, 0.717) is 5.95 Å². The van der Waals surface area contributed by atoms with Crippen LogP contribution in [0.5, 0.6) is 0 Å². The van der Waals surface area contributed by atoms with Crippen LogP contribution in [0.2, 0.25) is 0 Å². The normalized spacial score (nSPS) is 10.5. The zero-order valence-corrected chi connectivity index (χ0v) is 7.05. The first-order chi connectivity index (χ1) is 5.81. The van der Waals surface area contributed by atoms with Gasteiger partial charge in [-0.1, -0.05) is 0 Å². The van der Waals surface area contributed by atoms with Crippen molar-refractivity contribution in [3.8, 4) is 0 Å². The second-order valence-electron chi connectivity index (χ2n) is 2.62. The molecule has 0 aliphatic rings. The highest BCUT2D eigenvalue weighted by Gasteiger charge is 2.02. The molecule has 2 aromatic rings. The van der Waals surface area contributed by atoms with Gasteiger partial charge in [0, 0.05) is 13.2 Å². The number of aromatic amines is 1. The molecule has 2 heterocycles. The first kappa shape index (κ1) is 7.09. The maximum atomic E-state index is 4.26. The van der Waals surface area contributed by atoms with Crippen molar-refractivity contribution in [2.24, 2.45) is 0 Å². The number of fused-ring (bicyclic) bond motifs is 1. The fourth-order valence-electron chi connectivity index (χ4n) is 1.21. The number of aromatic nitrogens is 3. The molecule has 0 spiro atoms. The molecular formula is C8H10N4. The second kappa shape index (κ2) is 2.48. The molecule has 0 aliphatic heterocycles. The molecule has 0 saturated carbocycles. The molecule has 0 aromatic carbocycles. The van der Waals surface area contributed by atoms with E-state index in [-0.39, 0.29) is 0 Å². The number of hydrogen-bond donors (Lipinski definition) is 2. The largest absolute Gasteiger partial charge is 0.358 e. The summed E-state index contributed by atoms with van der Waals surface area (Å²) in [5.41, 5.74) is 2.93. The van der Waals surface area contributed by atoms with Crippen LogP contribution in [0.25, 0.3) is 11.0 Å². The summed E-state index contributed by atoms with van der Waals surface area (Å²) in [6, 6.07) is 1.94. The van der Waals surface area contributed by atoms with Gasteiger partial charge in [0.25, 0.3) is 0 Å². The summed E-state index contributed by atoms with van der Waals surface area (Å²) < 4.78 is 0. The Morgan fingerprint density at radius 2 is 2.25 bits per heavy atom. The molecule has 0 unspecified atom stereocenters. The Morgan fingerprint density at radius 3 is 3.00 bits per heavy atom. The third-order valence-corrected chi connectivity index (χ3v) is 1.81. The quantitative estimate of drug-likeness (QED) is 0.664. The predicted molar refractivity (Wildman–Crippen MR) is 48.2 cm³/mol. The van der Waals surface area contributed by atoms with Crippen molar-refractivity contribution in [3.63, 3.8) is 0 Å². The van der Waals surface area contributed by atoms with Gasteiger partial charge < -0.3 is 10.3 Å². The molecule has 0 fully saturated rings. The van der Waals surface area contributed by atoms with Crippen LogP contribution in [0.3, 0.4) is 0 Å². The van der Waals surface area contributed by atoms with Crippen molar-refractivity contribution in [2.75, 3.05) is 12.4 Å². The van der Waals surface area contributed by atoms with Crippen LogP contribution in [-0.4, -0.2) is 22.0 Å². The summed E-state index contributed by atoms with van der Waals surface area (Å²) in [5.74, 6) is 0.666. The van der Waals surface area contributed by atoms with Gasteiger partial charge in [-0.15, -0.1) is 0 Å². The fourth-order valence-corrected chi connectivity index (χ4v) is 1.21. The standard InChI is InChI=1S/C8H10N4/c1-5-7-6(3-4-10-7)12-8(9-2)11-5/h3-4,10H,1-2H3,(H,9,11,12). The molecule has 2 rings (SSSR count). The third kappa shape index (κ3) is 0.922. The monoisotopic (exact) mass is 162 g/mol. The third-order valence-electron chi connectivity index (χ3n) is 1.81. The van der Waals surface area contributed by atoms with Gasteiger partial charge in [0.2, 0.25) is 5.95 Å². The van der Waals surface area contributed by atoms with Crippen molar-refractivity contribution < 1.29 is 0 Å². The van der Waals surface area contributed by atoms with E-state index in [0.717, 1.165) is 16.7 Å². The van der Waals surface area contributed by atoms with E-state index in [4.69, 9.17) is 0 Å². The van der Waals surface area contributed by atoms with E-state index in [9.17, 15) is 0 Å². The van der Waals surface area contributed by atoms with Gasteiger partial charge in [0.05, 0.1) is 16.7 Å². The first-order valence-corrected chi connectivity index (χ1v) is 3.81. The Hall–Kier alpha value is -1.58. The zero-order chi connectivity index (χ0) is 8.55. The van der Waals surface area contributed by atoms with E-state index in [1.54, 1.807) is 0 Å². The minimum atomic E-state index is 0.666. The van der Waals surface area contributed by atoms with Crippen molar-refractivity contribution in [1.82, 2.24) is 15.0 Å². The number of H-pyrrole nitrogens is 1. The van der Waals surface area contributed by atoms with Gasteiger partial charge in [-0.2, -0.15) is 0 Å². The Morgan fingerprint density at radius 1 is 1.42 bits per heavy atom. The summed E-state index contributed by atoms with van der Waals surface area (Å²) in [6.07, 6.45) is 1.87. The van der Waals surface area contributed by atoms with E-state index in [2.05, 4.69) is 20.3 Å². The van der Waals surface area contributed by atoms with Crippen LogP contribution in [0.4, 0.5) is 5.95 Å².